The van der Waals surface area contributed by atoms with Crippen molar-refractivity contribution in [2.45, 2.75) is 19.4 Å². The highest BCUT2D eigenvalue weighted by molar-refractivity contribution is 6.30. The summed E-state index contributed by atoms with van der Waals surface area (Å²) < 4.78 is 14.5. The zero-order chi connectivity index (χ0) is 12.6. The largest absolute Gasteiger partial charge is 0.384 e. The average Bonchev–Trinajstić information content (AvgIpc) is 2.63. The van der Waals surface area contributed by atoms with Crippen molar-refractivity contribution < 1.29 is 9.50 Å². The van der Waals surface area contributed by atoms with Crippen LogP contribution in [-0.4, -0.2) is 20.1 Å². The van der Waals surface area contributed by atoms with Crippen LogP contribution < -0.4 is 0 Å². The van der Waals surface area contributed by atoms with Crippen LogP contribution in [0.1, 0.15) is 19.5 Å². The zero-order valence-corrected chi connectivity index (χ0v) is 10.1. The molecular weight excluding hydrogens is 245 g/mol. The van der Waals surface area contributed by atoms with Crippen molar-refractivity contribution in [3.63, 3.8) is 0 Å². The van der Waals surface area contributed by atoms with Crippen LogP contribution in [0.2, 0.25) is 5.02 Å². The van der Waals surface area contributed by atoms with E-state index in [1.54, 1.807) is 19.9 Å². The van der Waals surface area contributed by atoms with Crippen molar-refractivity contribution in [3.05, 3.63) is 40.9 Å². The number of benzene rings is 1. The van der Waals surface area contributed by atoms with E-state index in [0.29, 0.717) is 11.4 Å². The summed E-state index contributed by atoms with van der Waals surface area (Å²) in [4.78, 5) is 0. The Morgan fingerprint density at radius 3 is 2.59 bits per heavy atom. The first kappa shape index (κ1) is 12.0. The monoisotopic (exact) mass is 255 g/mol. The van der Waals surface area contributed by atoms with Gasteiger partial charge in [-0.1, -0.05) is 16.8 Å². The Kier molecular flexibility index (Phi) is 2.89. The van der Waals surface area contributed by atoms with Gasteiger partial charge in [0.05, 0.1) is 11.9 Å². The van der Waals surface area contributed by atoms with E-state index in [4.69, 9.17) is 11.6 Å². The maximum absolute atomic E-state index is 13.2. The lowest BCUT2D eigenvalue weighted by atomic mass is 10.1. The summed E-state index contributed by atoms with van der Waals surface area (Å²) in [6, 6.07) is 4.06. The lowest BCUT2D eigenvalue weighted by Crippen LogP contribution is -2.15. The number of aromatic nitrogens is 3. The van der Waals surface area contributed by atoms with Gasteiger partial charge in [-0.05, 0) is 32.0 Å². The first-order valence-corrected chi connectivity index (χ1v) is 5.36. The molecule has 0 fully saturated rings. The van der Waals surface area contributed by atoms with Gasteiger partial charge in [-0.25, -0.2) is 9.07 Å². The molecule has 4 nitrogen and oxygen atoms in total. The smallest absolute Gasteiger partial charge is 0.126 e. The van der Waals surface area contributed by atoms with Crippen molar-refractivity contribution in [1.29, 1.82) is 0 Å². The van der Waals surface area contributed by atoms with E-state index in [-0.39, 0.29) is 5.02 Å². The molecule has 0 atom stereocenters. The Morgan fingerprint density at radius 2 is 2.06 bits per heavy atom. The zero-order valence-electron chi connectivity index (χ0n) is 9.35. The normalized spacial score (nSPS) is 11.8. The molecule has 0 bridgehead atoms. The molecule has 2 aromatic rings. The second-order valence-corrected chi connectivity index (χ2v) is 4.67. The van der Waals surface area contributed by atoms with E-state index in [0.717, 1.165) is 0 Å². The number of hydrogen-bond donors (Lipinski definition) is 1. The number of nitrogens with zero attached hydrogens (tertiary/aromatic N) is 3. The van der Waals surface area contributed by atoms with Gasteiger partial charge in [0.25, 0.3) is 0 Å². The summed E-state index contributed by atoms with van der Waals surface area (Å²) >= 11 is 5.75. The number of hydrogen-bond acceptors (Lipinski definition) is 3. The van der Waals surface area contributed by atoms with Crippen LogP contribution in [0.15, 0.2) is 24.4 Å². The molecule has 90 valence electrons. The van der Waals surface area contributed by atoms with Crippen molar-refractivity contribution in [3.8, 4) is 5.69 Å². The van der Waals surface area contributed by atoms with Gasteiger partial charge in [0, 0.05) is 5.02 Å². The van der Waals surface area contributed by atoms with Crippen LogP contribution in [0, 0.1) is 5.82 Å². The van der Waals surface area contributed by atoms with Gasteiger partial charge in [0.2, 0.25) is 0 Å². The van der Waals surface area contributed by atoms with Crippen molar-refractivity contribution in [1.82, 2.24) is 15.0 Å². The van der Waals surface area contributed by atoms with Crippen LogP contribution in [0.5, 0.6) is 0 Å². The number of halogens is 2. The Balaban J connectivity index is 2.44. The first-order valence-electron chi connectivity index (χ1n) is 4.98. The molecule has 17 heavy (non-hydrogen) atoms. The van der Waals surface area contributed by atoms with Gasteiger partial charge in [-0.3, -0.25) is 0 Å². The van der Waals surface area contributed by atoms with E-state index in [1.807, 2.05) is 0 Å². The summed E-state index contributed by atoms with van der Waals surface area (Å²) in [6.45, 7) is 3.19. The molecule has 1 aromatic carbocycles. The third kappa shape index (κ3) is 2.62. The molecule has 0 radical (unpaired) electrons. The van der Waals surface area contributed by atoms with Crippen LogP contribution in [0.25, 0.3) is 5.69 Å². The molecule has 1 heterocycles. The predicted molar refractivity (Wildman–Crippen MR) is 61.6 cm³/mol. The molecule has 0 aliphatic rings. The minimum atomic E-state index is -1.09. The molecule has 1 N–H and O–H groups in total. The predicted octanol–water partition coefficient (Wildman–Crippen LogP) is 2.29. The fraction of sp³-hybridized carbons (Fsp3) is 0.273. The van der Waals surface area contributed by atoms with E-state index in [9.17, 15) is 9.50 Å². The van der Waals surface area contributed by atoms with E-state index >= 15 is 0 Å². The van der Waals surface area contributed by atoms with E-state index < -0.39 is 11.4 Å². The molecule has 1 aromatic heterocycles. The topological polar surface area (TPSA) is 50.9 Å². The second kappa shape index (κ2) is 4.09. The third-order valence-electron chi connectivity index (χ3n) is 2.23. The summed E-state index contributed by atoms with van der Waals surface area (Å²) in [5, 5.41) is 17.7. The van der Waals surface area contributed by atoms with Crippen LogP contribution >= 0.6 is 11.6 Å². The molecule has 0 saturated heterocycles. The third-order valence-corrected chi connectivity index (χ3v) is 2.45. The van der Waals surface area contributed by atoms with Crippen molar-refractivity contribution in [2.75, 3.05) is 0 Å². The van der Waals surface area contributed by atoms with E-state index in [2.05, 4.69) is 10.3 Å². The van der Waals surface area contributed by atoms with Crippen molar-refractivity contribution >= 4 is 11.6 Å². The summed E-state index contributed by atoms with van der Waals surface area (Å²) in [5.74, 6) is -0.451. The molecule has 0 saturated carbocycles. The van der Waals surface area contributed by atoms with Gasteiger partial charge in [-0.15, -0.1) is 5.10 Å². The minimum absolute atomic E-state index is 0.278. The molecular formula is C11H11ClFN3O. The molecule has 0 unspecified atom stereocenters. The summed E-state index contributed by atoms with van der Waals surface area (Å²) in [6.07, 6.45) is 1.53. The standard InChI is InChI=1S/C11H11ClFN3O/c1-11(2,17)10-6-16(15-14-10)9-4-7(12)3-8(13)5-9/h3-6,17H,1-2H3. The SMILES string of the molecule is CC(C)(O)c1cn(-c2cc(F)cc(Cl)c2)nn1. The van der Waals surface area contributed by atoms with Crippen LogP contribution in [-0.2, 0) is 5.60 Å². The lowest BCUT2D eigenvalue weighted by molar-refractivity contribution is 0.0737. The molecule has 2 rings (SSSR count). The average molecular weight is 256 g/mol. The first-order chi connectivity index (χ1) is 7.86. The highest BCUT2D eigenvalue weighted by atomic mass is 35.5. The van der Waals surface area contributed by atoms with Gasteiger partial charge in [-0.2, -0.15) is 0 Å². The Bertz CT molecular complexity index is 528. The summed E-state index contributed by atoms with van der Waals surface area (Å²) in [7, 11) is 0. The number of rotatable bonds is 2. The fourth-order valence-corrected chi connectivity index (χ4v) is 1.56. The lowest BCUT2D eigenvalue weighted by Gasteiger charge is -2.11. The minimum Gasteiger partial charge on any atom is -0.384 e. The molecule has 0 aliphatic heterocycles. The second-order valence-electron chi connectivity index (χ2n) is 4.24. The highest BCUT2D eigenvalue weighted by Crippen LogP contribution is 2.20. The molecule has 0 amide bonds. The van der Waals surface area contributed by atoms with Gasteiger partial charge in [0.15, 0.2) is 0 Å². The van der Waals surface area contributed by atoms with Crippen molar-refractivity contribution in [2.24, 2.45) is 0 Å². The molecule has 0 spiro atoms. The van der Waals surface area contributed by atoms with E-state index in [1.165, 1.54) is 23.0 Å². The molecule has 6 heteroatoms. The maximum atomic E-state index is 13.2. The van der Waals surface area contributed by atoms with Gasteiger partial charge in [0.1, 0.15) is 17.1 Å². The fourth-order valence-electron chi connectivity index (χ4n) is 1.34. The Hall–Kier alpha value is -1.46. The summed E-state index contributed by atoms with van der Waals surface area (Å²) in [5.41, 5.74) is -0.231. The van der Waals surface area contributed by atoms with Crippen LogP contribution in [0.4, 0.5) is 4.39 Å². The quantitative estimate of drug-likeness (QED) is 0.896. The molecule has 0 aliphatic carbocycles. The highest BCUT2D eigenvalue weighted by Gasteiger charge is 2.20. The van der Waals surface area contributed by atoms with Gasteiger partial charge >= 0.3 is 0 Å². The van der Waals surface area contributed by atoms with Crippen LogP contribution in [0.3, 0.4) is 0 Å². The maximum Gasteiger partial charge on any atom is 0.126 e. The number of aliphatic hydroxyl groups is 1. The Morgan fingerprint density at radius 1 is 1.35 bits per heavy atom. The Labute approximate surface area is 103 Å². The van der Waals surface area contributed by atoms with Gasteiger partial charge < -0.3 is 5.11 Å².